The Bertz CT molecular complexity index is 1410. The van der Waals surface area contributed by atoms with Gasteiger partial charge in [-0.05, 0) is 24.3 Å². The number of nitrogens with one attached hydrogen (secondary N) is 2. The van der Waals surface area contributed by atoms with E-state index in [4.69, 9.17) is 24.3 Å². The molecule has 192 valence electrons. The molecule has 16 heteroatoms. The van der Waals surface area contributed by atoms with E-state index in [-0.39, 0.29) is 22.9 Å². The van der Waals surface area contributed by atoms with Crippen LogP contribution in [0.1, 0.15) is 5.69 Å². The van der Waals surface area contributed by atoms with Gasteiger partial charge in [0.05, 0.1) is 13.7 Å². The monoisotopic (exact) mass is 523 g/mol. The van der Waals surface area contributed by atoms with Crippen molar-refractivity contribution in [2.75, 3.05) is 26.0 Å². The molecule has 0 bridgehead atoms. The molecule has 3 aromatic rings. The van der Waals surface area contributed by atoms with Crippen molar-refractivity contribution in [2.45, 2.75) is 23.8 Å². The molecule has 2 saturated heterocycles. The van der Waals surface area contributed by atoms with Gasteiger partial charge in [0.15, 0.2) is 0 Å². The molecule has 2 aromatic heterocycles. The smallest absolute Gasteiger partial charge is 0.459 e. The highest BCUT2D eigenvalue weighted by atomic mass is 31.2. The molecule has 4 heterocycles. The van der Waals surface area contributed by atoms with E-state index >= 15 is 0 Å². The standard InChI is InChI=1S/C20H22N5O10P/c1-31-15(26)9-22-36(30,34-11-5-3-2-4-6-11)32-10-13-16(27)19(29)20(33-13,35-19)14-8-7-12-17(28)23-18(21)24-25(12)14/h2-8,13,16,27,29H,9-10H2,1H3,(H,22,30)(H3,21,23,24,28)/t13-,16-,19+,20-,36?/m1/s1. The molecule has 5 rings (SSSR count). The molecule has 2 fully saturated rings. The lowest BCUT2D eigenvalue weighted by molar-refractivity contribution is -0.158. The second-order valence-corrected chi connectivity index (χ2v) is 9.73. The van der Waals surface area contributed by atoms with E-state index in [0.29, 0.717) is 0 Å². The van der Waals surface area contributed by atoms with Crippen molar-refractivity contribution in [2.24, 2.45) is 0 Å². The molecule has 36 heavy (non-hydrogen) atoms. The van der Waals surface area contributed by atoms with Gasteiger partial charge in [-0.3, -0.25) is 23.8 Å². The summed E-state index contributed by atoms with van der Waals surface area (Å²) in [5, 5.41) is 28.0. The Hall–Kier alpha value is -3.30. The number of aromatic amines is 1. The van der Waals surface area contributed by atoms with E-state index in [2.05, 4.69) is 19.9 Å². The number of hydrogen-bond acceptors (Lipinski definition) is 12. The third-order valence-electron chi connectivity index (χ3n) is 5.70. The minimum Gasteiger partial charge on any atom is -0.468 e. The van der Waals surface area contributed by atoms with E-state index < -0.39 is 56.2 Å². The maximum absolute atomic E-state index is 13.3. The van der Waals surface area contributed by atoms with Crippen molar-refractivity contribution in [3.8, 4) is 5.75 Å². The number of nitrogens with zero attached hydrogens (tertiary/aromatic N) is 2. The molecule has 0 spiro atoms. The maximum atomic E-state index is 13.3. The summed E-state index contributed by atoms with van der Waals surface area (Å²) in [4.78, 5) is 26.1. The number of esters is 1. The number of ether oxygens (including phenoxy) is 3. The van der Waals surface area contributed by atoms with Crippen LogP contribution in [0.3, 0.4) is 0 Å². The SMILES string of the molecule is COC(=O)CNP(=O)(OC[C@H]1O[C@]2(c3ccc4c(=O)[nH]c(N)nn34)O[C@@]2(O)[C@@H]1O)Oc1ccccc1. The van der Waals surface area contributed by atoms with Crippen LogP contribution in [-0.4, -0.2) is 69.0 Å². The number of fused-ring (bicyclic) bond motifs is 2. The first-order valence-corrected chi connectivity index (χ1v) is 12.1. The molecule has 0 aliphatic carbocycles. The average molecular weight is 523 g/mol. The van der Waals surface area contributed by atoms with Crippen LogP contribution in [0.2, 0.25) is 0 Å². The van der Waals surface area contributed by atoms with Gasteiger partial charge in [0.2, 0.25) is 5.95 Å². The summed E-state index contributed by atoms with van der Waals surface area (Å²) in [7, 11) is -3.04. The van der Waals surface area contributed by atoms with Crippen molar-refractivity contribution in [3.63, 3.8) is 0 Å². The number of nitrogens with two attached hydrogens (primary N) is 1. The van der Waals surface area contributed by atoms with E-state index in [1.165, 1.54) is 24.3 Å². The topological polar surface area (TPSA) is 212 Å². The molecule has 2 aliphatic heterocycles. The number of anilines is 1. The first kappa shape index (κ1) is 24.4. The number of methoxy groups -OCH3 is 1. The number of aliphatic hydroxyl groups excluding tert-OH is 1. The number of carbonyl (C=O) groups excluding carboxylic acids is 1. The first-order chi connectivity index (χ1) is 17.1. The van der Waals surface area contributed by atoms with Crippen molar-refractivity contribution in [3.05, 3.63) is 58.5 Å². The molecule has 6 N–H and O–H groups in total. The number of aliphatic hydroxyl groups is 2. The first-order valence-electron chi connectivity index (χ1n) is 10.6. The second kappa shape index (κ2) is 8.67. The summed E-state index contributed by atoms with van der Waals surface area (Å²) < 4.78 is 41.1. The van der Waals surface area contributed by atoms with Gasteiger partial charge in [-0.2, -0.15) is 0 Å². The quantitative estimate of drug-likeness (QED) is 0.132. The molecule has 1 aromatic carbocycles. The number of nitrogen functional groups attached to an aromatic ring is 1. The molecule has 0 saturated carbocycles. The number of para-hydroxylation sites is 1. The van der Waals surface area contributed by atoms with E-state index in [0.717, 1.165) is 11.6 Å². The van der Waals surface area contributed by atoms with E-state index in [1.54, 1.807) is 18.2 Å². The largest absolute Gasteiger partial charge is 0.468 e. The van der Waals surface area contributed by atoms with E-state index in [1.807, 2.05) is 0 Å². The van der Waals surface area contributed by atoms with Crippen LogP contribution in [0, 0.1) is 0 Å². The summed E-state index contributed by atoms with van der Waals surface area (Å²) in [6.07, 6.45) is -2.92. The minimum atomic E-state index is -4.19. The highest BCUT2D eigenvalue weighted by Gasteiger charge is 2.84. The average Bonchev–Trinajstić information content (AvgIpc) is 3.13. The lowest BCUT2D eigenvalue weighted by atomic mass is 10.1. The number of epoxide rings is 1. The van der Waals surface area contributed by atoms with Crippen LogP contribution in [0.15, 0.2) is 47.3 Å². The molecule has 1 unspecified atom stereocenters. The molecule has 5 atom stereocenters. The van der Waals surface area contributed by atoms with Gasteiger partial charge in [0.25, 0.3) is 17.1 Å². The zero-order valence-corrected chi connectivity index (χ0v) is 19.6. The maximum Gasteiger partial charge on any atom is 0.459 e. The summed E-state index contributed by atoms with van der Waals surface area (Å²) in [6, 6.07) is 10.9. The van der Waals surface area contributed by atoms with Crippen molar-refractivity contribution >= 4 is 25.2 Å². The lowest BCUT2D eigenvalue weighted by Crippen LogP contribution is -2.38. The predicted molar refractivity (Wildman–Crippen MR) is 119 cm³/mol. The highest BCUT2D eigenvalue weighted by Crippen LogP contribution is 2.63. The third-order valence-corrected chi connectivity index (χ3v) is 7.18. The van der Waals surface area contributed by atoms with Crippen molar-refractivity contribution in [1.82, 2.24) is 19.7 Å². The minimum absolute atomic E-state index is 0.0897. The normalized spacial score (nSPS) is 28.4. The van der Waals surface area contributed by atoms with Gasteiger partial charge in [-0.25, -0.2) is 14.2 Å². The van der Waals surface area contributed by atoms with Gasteiger partial charge < -0.3 is 29.9 Å². The molecular weight excluding hydrogens is 501 g/mol. The molecule has 0 amide bonds. The number of benzene rings is 1. The summed E-state index contributed by atoms with van der Waals surface area (Å²) >= 11 is 0. The Balaban J connectivity index is 1.37. The Morgan fingerprint density at radius 2 is 2.08 bits per heavy atom. The highest BCUT2D eigenvalue weighted by molar-refractivity contribution is 7.52. The fourth-order valence-electron chi connectivity index (χ4n) is 3.91. The van der Waals surface area contributed by atoms with Crippen LogP contribution >= 0.6 is 7.75 Å². The Kier molecular flexibility index (Phi) is 5.88. The van der Waals surface area contributed by atoms with Crippen LogP contribution in [0.25, 0.3) is 5.52 Å². The third kappa shape index (κ3) is 3.96. The number of aromatic nitrogens is 3. The molecule has 0 radical (unpaired) electrons. The Morgan fingerprint density at radius 1 is 1.33 bits per heavy atom. The van der Waals surface area contributed by atoms with Gasteiger partial charge in [-0.15, -0.1) is 5.10 Å². The second-order valence-electron chi connectivity index (χ2n) is 7.98. The van der Waals surface area contributed by atoms with Gasteiger partial charge >= 0.3 is 13.7 Å². The van der Waals surface area contributed by atoms with Crippen molar-refractivity contribution < 1.29 is 42.8 Å². The predicted octanol–water partition coefficient (Wildman–Crippen LogP) is -0.798. The van der Waals surface area contributed by atoms with Crippen LogP contribution in [0.4, 0.5) is 5.95 Å². The van der Waals surface area contributed by atoms with Crippen LogP contribution in [0.5, 0.6) is 5.75 Å². The number of rotatable bonds is 9. The zero-order chi connectivity index (χ0) is 25.7. The number of H-pyrrole nitrogens is 1. The van der Waals surface area contributed by atoms with Gasteiger partial charge in [-0.1, -0.05) is 18.2 Å². The fourth-order valence-corrected chi connectivity index (χ4v) is 5.18. The fraction of sp³-hybridized carbons (Fsp3) is 0.350. The summed E-state index contributed by atoms with van der Waals surface area (Å²) in [5.74, 6) is -4.85. The Morgan fingerprint density at radius 3 is 2.81 bits per heavy atom. The van der Waals surface area contributed by atoms with Crippen molar-refractivity contribution in [1.29, 1.82) is 0 Å². The summed E-state index contributed by atoms with van der Waals surface area (Å²) in [6.45, 7) is -1.05. The molecule has 15 nitrogen and oxygen atoms in total. The molecule has 2 aliphatic rings. The van der Waals surface area contributed by atoms with Gasteiger partial charge in [0, 0.05) is 0 Å². The van der Waals surface area contributed by atoms with Crippen LogP contribution < -0.4 is 20.9 Å². The molecular formula is C20H22N5O10P. The lowest BCUT2D eigenvalue weighted by Gasteiger charge is -2.23. The number of hydrogen-bond donors (Lipinski definition) is 5. The zero-order valence-electron chi connectivity index (χ0n) is 18.7. The van der Waals surface area contributed by atoms with Crippen LogP contribution in [-0.2, 0) is 33.9 Å². The Labute approximate surface area is 202 Å². The number of carbonyl (C=O) groups is 1. The van der Waals surface area contributed by atoms with Gasteiger partial charge in [0.1, 0.15) is 35.7 Å². The summed E-state index contributed by atoms with van der Waals surface area (Å²) in [5.41, 5.74) is 5.27. The van der Waals surface area contributed by atoms with E-state index in [9.17, 15) is 24.4 Å².